The molecule has 1 saturated heterocycles. The summed E-state index contributed by atoms with van der Waals surface area (Å²) >= 11 is 0. The lowest BCUT2D eigenvalue weighted by atomic mass is 9.90. The fourth-order valence-corrected chi connectivity index (χ4v) is 6.34. The van der Waals surface area contributed by atoms with Crippen LogP contribution in [-0.4, -0.2) is 73.4 Å². The second-order valence-corrected chi connectivity index (χ2v) is 11.2. The van der Waals surface area contributed by atoms with Gasteiger partial charge in [0.05, 0.1) is 23.3 Å². The molecule has 0 amide bonds. The number of fused-ring (bicyclic) bond motifs is 1. The van der Waals surface area contributed by atoms with Gasteiger partial charge in [0.2, 0.25) is 0 Å². The largest absolute Gasteiger partial charge is 0.424 e. The summed E-state index contributed by atoms with van der Waals surface area (Å²) in [6.45, 7) is 4.59. The molecule has 1 saturated carbocycles. The van der Waals surface area contributed by atoms with E-state index in [2.05, 4.69) is 31.5 Å². The molecule has 0 radical (unpaired) electrons. The van der Waals surface area contributed by atoms with Gasteiger partial charge in [-0.15, -0.1) is 0 Å². The smallest absolute Gasteiger partial charge is 0.407 e. The molecule has 3 aromatic heterocycles. The maximum atomic E-state index is 12.6. The normalized spacial score (nSPS) is 20.5. The minimum atomic E-state index is -0.434. The lowest BCUT2D eigenvalue weighted by Gasteiger charge is -2.41. The summed E-state index contributed by atoms with van der Waals surface area (Å²) in [6, 6.07) is 18.2. The number of anilines is 1. The molecule has 41 heavy (non-hydrogen) atoms. The molecule has 1 aliphatic carbocycles. The number of oxazole rings is 1. The Morgan fingerprint density at radius 3 is 2.29 bits per heavy atom. The Morgan fingerprint density at radius 1 is 0.854 bits per heavy atom. The Balaban J connectivity index is 1.16. The molecular formula is C31H34N8O2. The molecule has 0 bridgehead atoms. The van der Waals surface area contributed by atoms with E-state index in [1.807, 2.05) is 54.6 Å². The molecule has 210 valence electrons. The van der Waals surface area contributed by atoms with Gasteiger partial charge in [0, 0.05) is 43.3 Å². The highest BCUT2D eigenvalue weighted by Crippen LogP contribution is 2.37. The molecule has 5 aromatic rings. The first-order valence-corrected chi connectivity index (χ1v) is 14.3. The molecule has 2 aromatic carbocycles. The minimum Gasteiger partial charge on any atom is -0.407 e. The van der Waals surface area contributed by atoms with Crippen LogP contribution >= 0.6 is 0 Å². The van der Waals surface area contributed by atoms with Crippen molar-refractivity contribution in [1.82, 2.24) is 34.1 Å². The average Bonchev–Trinajstić information content (AvgIpc) is 3.60. The van der Waals surface area contributed by atoms with E-state index in [1.54, 1.807) is 6.20 Å². The molecular weight excluding hydrogens is 516 g/mol. The van der Waals surface area contributed by atoms with Crippen molar-refractivity contribution in [3.05, 3.63) is 77.7 Å². The number of benzene rings is 2. The molecule has 2 fully saturated rings. The highest BCUT2D eigenvalue weighted by atomic mass is 16.4. The van der Waals surface area contributed by atoms with Gasteiger partial charge in [0.1, 0.15) is 17.8 Å². The number of nitrogens with zero attached hydrogens (tertiary/aromatic N) is 7. The molecule has 4 heterocycles. The van der Waals surface area contributed by atoms with Gasteiger partial charge in [-0.1, -0.05) is 42.5 Å². The Bertz CT molecular complexity index is 1710. The summed E-state index contributed by atoms with van der Waals surface area (Å²) in [5, 5.41) is 5.85. The van der Waals surface area contributed by atoms with E-state index in [0.717, 1.165) is 79.7 Å². The van der Waals surface area contributed by atoms with Gasteiger partial charge in [0.15, 0.2) is 11.4 Å². The fraction of sp³-hybridized carbons (Fsp3) is 0.355. The van der Waals surface area contributed by atoms with Crippen molar-refractivity contribution < 1.29 is 4.42 Å². The van der Waals surface area contributed by atoms with Crippen LogP contribution in [0.3, 0.4) is 0 Å². The van der Waals surface area contributed by atoms with Crippen LogP contribution < -0.4 is 11.5 Å². The van der Waals surface area contributed by atoms with Crippen LogP contribution in [0.15, 0.2) is 76.3 Å². The number of piperazine rings is 1. The third-order valence-corrected chi connectivity index (χ3v) is 8.70. The summed E-state index contributed by atoms with van der Waals surface area (Å²) in [6.07, 6.45) is 7.68. The average molecular weight is 551 g/mol. The van der Waals surface area contributed by atoms with E-state index in [-0.39, 0.29) is 6.04 Å². The summed E-state index contributed by atoms with van der Waals surface area (Å²) in [5.74, 6) is 0.512. The molecule has 0 atom stereocenters. The van der Waals surface area contributed by atoms with E-state index in [9.17, 15) is 4.79 Å². The topological polar surface area (TPSA) is 111 Å². The van der Waals surface area contributed by atoms with Gasteiger partial charge in [-0.25, -0.2) is 24.0 Å². The number of nitrogen functional groups attached to an aromatic ring is 1. The summed E-state index contributed by atoms with van der Waals surface area (Å²) in [4.78, 5) is 26.6. The Kier molecular flexibility index (Phi) is 6.64. The van der Waals surface area contributed by atoms with Crippen LogP contribution in [0.25, 0.3) is 39.3 Å². The van der Waals surface area contributed by atoms with Crippen molar-refractivity contribution in [3.63, 3.8) is 0 Å². The van der Waals surface area contributed by atoms with Gasteiger partial charge < -0.3 is 15.1 Å². The molecule has 0 unspecified atom stereocenters. The van der Waals surface area contributed by atoms with Gasteiger partial charge >= 0.3 is 5.76 Å². The first kappa shape index (κ1) is 25.7. The standard InChI is InChI=1S/C31H34N8O2/c1-36-15-17-37(18-16-36)23-11-13-25(14-12-23)39-30-27(29(32)33-20-34-30)28(35-39)22-7-9-24(10-8-22)38-19-26(41-31(38)40)21-5-3-2-4-6-21/h2-10,19-20,23,25H,11-18H2,1H3,(H2,32,33,34). The number of aromatic nitrogens is 5. The zero-order valence-corrected chi connectivity index (χ0v) is 23.2. The van der Waals surface area contributed by atoms with Crippen LogP contribution in [0.2, 0.25) is 0 Å². The van der Waals surface area contributed by atoms with Crippen molar-refractivity contribution in [2.45, 2.75) is 37.8 Å². The van der Waals surface area contributed by atoms with Crippen LogP contribution in [0.4, 0.5) is 5.82 Å². The van der Waals surface area contributed by atoms with Crippen LogP contribution in [0.5, 0.6) is 0 Å². The minimum absolute atomic E-state index is 0.268. The highest BCUT2D eigenvalue weighted by Gasteiger charge is 2.30. The summed E-state index contributed by atoms with van der Waals surface area (Å²) in [7, 11) is 2.20. The van der Waals surface area contributed by atoms with E-state index < -0.39 is 5.76 Å². The third kappa shape index (κ3) is 4.83. The molecule has 1 aliphatic heterocycles. The molecule has 2 aliphatic rings. The second-order valence-electron chi connectivity index (χ2n) is 11.2. The first-order valence-electron chi connectivity index (χ1n) is 14.3. The third-order valence-electron chi connectivity index (χ3n) is 8.70. The number of likely N-dealkylation sites (N-methyl/N-ethyl adjacent to an activating group) is 1. The number of hydrogen-bond acceptors (Lipinski definition) is 8. The zero-order chi connectivity index (χ0) is 27.9. The van der Waals surface area contributed by atoms with Gasteiger partial charge in [-0.05, 0) is 44.9 Å². The SMILES string of the molecule is CN1CCN(C2CCC(n3nc(-c4ccc(-n5cc(-c6ccccc6)oc5=O)cc4)c4c(N)ncnc43)CC2)CC1. The van der Waals surface area contributed by atoms with Gasteiger partial charge in [-0.2, -0.15) is 5.10 Å². The Labute approximate surface area is 238 Å². The Hall–Kier alpha value is -4.28. The lowest BCUT2D eigenvalue weighted by molar-refractivity contribution is 0.0815. The maximum Gasteiger partial charge on any atom is 0.424 e. The zero-order valence-electron chi connectivity index (χ0n) is 23.2. The highest BCUT2D eigenvalue weighted by molar-refractivity contribution is 5.98. The number of hydrogen-bond donors (Lipinski definition) is 1. The van der Waals surface area contributed by atoms with E-state index in [1.165, 1.54) is 10.9 Å². The van der Waals surface area contributed by atoms with Crippen molar-refractivity contribution in [1.29, 1.82) is 0 Å². The molecule has 10 nitrogen and oxygen atoms in total. The fourth-order valence-electron chi connectivity index (χ4n) is 6.34. The quantitative estimate of drug-likeness (QED) is 0.346. The van der Waals surface area contributed by atoms with Crippen LogP contribution in [-0.2, 0) is 0 Å². The number of rotatable bonds is 5. The van der Waals surface area contributed by atoms with Crippen molar-refractivity contribution in [3.8, 4) is 28.3 Å². The molecule has 10 heteroatoms. The van der Waals surface area contributed by atoms with Crippen molar-refractivity contribution in [2.24, 2.45) is 0 Å². The molecule has 7 rings (SSSR count). The van der Waals surface area contributed by atoms with E-state index in [4.69, 9.17) is 15.2 Å². The number of nitrogens with two attached hydrogens (primary N) is 1. The summed E-state index contributed by atoms with van der Waals surface area (Å²) < 4.78 is 9.10. The predicted octanol–water partition coefficient (Wildman–Crippen LogP) is 4.22. The maximum absolute atomic E-state index is 12.6. The van der Waals surface area contributed by atoms with E-state index >= 15 is 0 Å². The van der Waals surface area contributed by atoms with Crippen molar-refractivity contribution >= 4 is 16.9 Å². The molecule has 0 spiro atoms. The molecule has 2 N–H and O–H groups in total. The van der Waals surface area contributed by atoms with Crippen LogP contribution in [0.1, 0.15) is 31.7 Å². The first-order chi connectivity index (χ1) is 20.0. The van der Waals surface area contributed by atoms with Crippen LogP contribution in [0, 0.1) is 0 Å². The predicted molar refractivity (Wildman–Crippen MR) is 159 cm³/mol. The lowest BCUT2D eigenvalue weighted by Crippen LogP contribution is -2.49. The summed E-state index contributed by atoms with van der Waals surface area (Å²) in [5.41, 5.74) is 10.4. The van der Waals surface area contributed by atoms with E-state index in [0.29, 0.717) is 23.3 Å². The van der Waals surface area contributed by atoms with Gasteiger partial charge in [0.25, 0.3) is 0 Å². The van der Waals surface area contributed by atoms with Gasteiger partial charge in [-0.3, -0.25) is 4.90 Å². The monoisotopic (exact) mass is 550 g/mol. The second kappa shape index (κ2) is 10.6. The Morgan fingerprint density at radius 2 is 1.56 bits per heavy atom. The van der Waals surface area contributed by atoms with Crippen molar-refractivity contribution in [2.75, 3.05) is 39.0 Å².